The largest absolute Gasteiger partial charge is 0.0775 e. The van der Waals surface area contributed by atoms with Crippen LogP contribution in [0, 0.1) is 6.92 Å². The van der Waals surface area contributed by atoms with E-state index in [-0.39, 0.29) is 0 Å². The van der Waals surface area contributed by atoms with Crippen LogP contribution in [0.4, 0.5) is 0 Å². The van der Waals surface area contributed by atoms with Crippen LogP contribution >= 0.6 is 0 Å². The molecule has 0 spiro atoms. The molecule has 23 heavy (non-hydrogen) atoms. The Hall–Kier alpha value is -1.34. The van der Waals surface area contributed by atoms with Crippen molar-refractivity contribution in [2.75, 3.05) is 0 Å². The molecule has 0 aliphatic rings. The van der Waals surface area contributed by atoms with Gasteiger partial charge >= 0.3 is 0 Å². The predicted molar refractivity (Wildman–Crippen MR) is 108 cm³/mol. The molecule has 2 rings (SSSR count). The van der Waals surface area contributed by atoms with Gasteiger partial charge in [-0.05, 0) is 46.6 Å². The van der Waals surface area contributed by atoms with Gasteiger partial charge in [0, 0.05) is 0 Å². The summed E-state index contributed by atoms with van der Waals surface area (Å²) in [5.41, 5.74) is 7.15. The van der Waals surface area contributed by atoms with Crippen LogP contribution in [0.2, 0.25) is 19.6 Å². The molecule has 2 aromatic carbocycles. The summed E-state index contributed by atoms with van der Waals surface area (Å²) in [6.07, 6.45) is 0. The van der Waals surface area contributed by atoms with Gasteiger partial charge < -0.3 is 0 Å². The zero-order valence-corrected chi connectivity index (χ0v) is 17.1. The number of hydrogen-bond donors (Lipinski definition) is 0. The third-order valence-corrected chi connectivity index (χ3v) is 6.88. The van der Waals surface area contributed by atoms with E-state index >= 15 is 0 Å². The van der Waals surface area contributed by atoms with E-state index in [9.17, 15) is 0 Å². The highest BCUT2D eigenvalue weighted by molar-refractivity contribution is 6.88. The summed E-state index contributed by atoms with van der Waals surface area (Å²) < 4.78 is 0. The van der Waals surface area contributed by atoms with Gasteiger partial charge in [-0.1, -0.05) is 88.9 Å². The fourth-order valence-corrected chi connectivity index (χ4v) is 4.46. The molecule has 0 N–H and O–H groups in total. The van der Waals surface area contributed by atoms with Crippen molar-refractivity contribution in [3.8, 4) is 11.1 Å². The molecular weight excluding hydrogens is 292 g/mol. The van der Waals surface area contributed by atoms with Crippen LogP contribution in [0.25, 0.3) is 11.1 Å². The Bertz CT molecular complexity index is 641. The van der Waals surface area contributed by atoms with Gasteiger partial charge in [0.15, 0.2) is 0 Å². The molecule has 0 amide bonds. The highest BCUT2D eigenvalue weighted by Gasteiger charge is 2.17. The first-order chi connectivity index (χ1) is 10.6. The molecule has 0 aliphatic carbocycles. The molecule has 0 bridgehead atoms. The standard InChI is InChI=1S/C22H32Si/c1-15(2)21-13-19(14-22(16(3)4)17(21)5)18-9-11-20(12-10-18)23(6,7)8/h9-16H,1-8H3. The summed E-state index contributed by atoms with van der Waals surface area (Å²) >= 11 is 0. The van der Waals surface area contributed by atoms with Gasteiger partial charge in [0.2, 0.25) is 0 Å². The van der Waals surface area contributed by atoms with Crippen molar-refractivity contribution in [3.63, 3.8) is 0 Å². The lowest BCUT2D eigenvalue weighted by Crippen LogP contribution is -2.37. The summed E-state index contributed by atoms with van der Waals surface area (Å²) in [5.74, 6) is 1.13. The van der Waals surface area contributed by atoms with E-state index in [1.165, 1.54) is 33.0 Å². The Kier molecular flexibility index (Phi) is 5.20. The van der Waals surface area contributed by atoms with Crippen LogP contribution in [0.1, 0.15) is 56.2 Å². The average Bonchev–Trinajstić information content (AvgIpc) is 2.46. The van der Waals surface area contributed by atoms with Crippen LogP contribution in [0.3, 0.4) is 0 Å². The quantitative estimate of drug-likeness (QED) is 0.567. The first-order valence-corrected chi connectivity index (χ1v) is 12.4. The summed E-state index contributed by atoms with van der Waals surface area (Å²) in [7, 11) is -1.22. The highest BCUT2D eigenvalue weighted by Crippen LogP contribution is 2.32. The predicted octanol–water partition coefficient (Wildman–Crippen LogP) is 6.45. The maximum absolute atomic E-state index is 2.40. The summed E-state index contributed by atoms with van der Waals surface area (Å²) in [6, 6.07) is 14.1. The van der Waals surface area contributed by atoms with E-state index in [0.717, 1.165) is 0 Å². The first-order valence-electron chi connectivity index (χ1n) is 8.86. The van der Waals surface area contributed by atoms with E-state index in [1.54, 1.807) is 0 Å². The van der Waals surface area contributed by atoms with Crippen LogP contribution in [0.15, 0.2) is 36.4 Å². The Morgan fingerprint density at radius 3 is 1.48 bits per heavy atom. The Morgan fingerprint density at radius 1 is 0.696 bits per heavy atom. The highest BCUT2D eigenvalue weighted by atomic mass is 28.3. The Morgan fingerprint density at radius 2 is 1.13 bits per heavy atom. The lowest BCUT2D eigenvalue weighted by molar-refractivity contribution is 0.818. The van der Waals surface area contributed by atoms with E-state index in [2.05, 4.69) is 90.7 Å². The molecule has 0 aromatic heterocycles. The van der Waals surface area contributed by atoms with Crippen molar-refractivity contribution >= 4 is 13.3 Å². The van der Waals surface area contributed by atoms with Crippen molar-refractivity contribution in [3.05, 3.63) is 53.1 Å². The number of benzene rings is 2. The summed E-state index contributed by atoms with van der Waals surface area (Å²) in [4.78, 5) is 0. The van der Waals surface area contributed by atoms with Crippen LogP contribution in [0.5, 0.6) is 0 Å². The van der Waals surface area contributed by atoms with Crippen molar-refractivity contribution in [1.82, 2.24) is 0 Å². The zero-order chi connectivity index (χ0) is 17.4. The zero-order valence-electron chi connectivity index (χ0n) is 16.1. The molecule has 0 nitrogen and oxygen atoms in total. The molecule has 0 saturated carbocycles. The molecule has 1 heteroatoms. The van der Waals surface area contributed by atoms with Gasteiger partial charge in [-0.25, -0.2) is 0 Å². The third kappa shape index (κ3) is 3.95. The minimum absolute atomic E-state index is 0.564. The Labute approximate surface area is 144 Å². The number of hydrogen-bond acceptors (Lipinski definition) is 0. The fraction of sp³-hybridized carbons (Fsp3) is 0.455. The minimum Gasteiger partial charge on any atom is -0.0656 e. The second kappa shape index (κ2) is 6.65. The van der Waals surface area contributed by atoms with Gasteiger partial charge in [-0.15, -0.1) is 0 Å². The third-order valence-electron chi connectivity index (χ3n) is 4.82. The van der Waals surface area contributed by atoms with Crippen LogP contribution < -0.4 is 5.19 Å². The lowest BCUT2D eigenvalue weighted by Gasteiger charge is -2.20. The van der Waals surface area contributed by atoms with Crippen molar-refractivity contribution in [2.45, 2.75) is 66.1 Å². The van der Waals surface area contributed by atoms with Gasteiger partial charge in [-0.3, -0.25) is 0 Å². The first kappa shape index (κ1) is 18.0. The molecule has 0 unspecified atom stereocenters. The van der Waals surface area contributed by atoms with Crippen LogP contribution in [-0.2, 0) is 0 Å². The monoisotopic (exact) mass is 324 g/mol. The van der Waals surface area contributed by atoms with Crippen LogP contribution in [-0.4, -0.2) is 8.07 Å². The molecule has 0 fully saturated rings. The average molecular weight is 325 g/mol. The lowest BCUT2D eigenvalue weighted by atomic mass is 9.86. The molecule has 0 atom stereocenters. The van der Waals surface area contributed by atoms with Crippen molar-refractivity contribution in [1.29, 1.82) is 0 Å². The number of rotatable bonds is 4. The van der Waals surface area contributed by atoms with Gasteiger partial charge in [0.25, 0.3) is 0 Å². The van der Waals surface area contributed by atoms with Gasteiger partial charge in [0.05, 0.1) is 8.07 Å². The second-order valence-electron chi connectivity index (χ2n) is 8.42. The normalized spacial score (nSPS) is 12.3. The fourth-order valence-electron chi connectivity index (χ4n) is 3.29. The Balaban J connectivity index is 2.55. The van der Waals surface area contributed by atoms with Crippen molar-refractivity contribution in [2.24, 2.45) is 0 Å². The van der Waals surface area contributed by atoms with E-state index in [1.807, 2.05) is 0 Å². The minimum atomic E-state index is -1.22. The second-order valence-corrected chi connectivity index (χ2v) is 13.5. The van der Waals surface area contributed by atoms with Gasteiger partial charge in [0.1, 0.15) is 0 Å². The van der Waals surface area contributed by atoms with E-state index < -0.39 is 8.07 Å². The van der Waals surface area contributed by atoms with Crippen molar-refractivity contribution < 1.29 is 0 Å². The van der Waals surface area contributed by atoms with Gasteiger partial charge in [-0.2, -0.15) is 0 Å². The summed E-state index contributed by atoms with van der Waals surface area (Å²) in [5, 5.41) is 1.53. The maximum Gasteiger partial charge on any atom is 0.0775 e. The molecule has 124 valence electrons. The molecule has 0 heterocycles. The molecule has 0 aliphatic heterocycles. The molecule has 0 radical (unpaired) electrons. The molecule has 0 saturated heterocycles. The van der Waals surface area contributed by atoms with E-state index in [0.29, 0.717) is 11.8 Å². The topological polar surface area (TPSA) is 0 Å². The maximum atomic E-state index is 2.40. The molecular formula is C22H32Si. The summed E-state index contributed by atoms with van der Waals surface area (Å²) in [6.45, 7) is 18.7. The molecule has 2 aromatic rings. The SMILES string of the molecule is Cc1c(C(C)C)cc(-c2ccc([Si](C)(C)C)cc2)cc1C(C)C. The van der Waals surface area contributed by atoms with E-state index in [4.69, 9.17) is 0 Å². The smallest absolute Gasteiger partial charge is 0.0656 e.